The molecule has 0 unspecified atom stereocenters. The summed E-state index contributed by atoms with van der Waals surface area (Å²) in [5.41, 5.74) is 1.72. The van der Waals surface area contributed by atoms with E-state index in [-0.39, 0.29) is 22.5 Å². The molecule has 1 atom stereocenters. The van der Waals surface area contributed by atoms with Crippen molar-refractivity contribution in [3.8, 4) is 0 Å². The second kappa shape index (κ2) is 10.2. The Morgan fingerprint density at radius 3 is 2.36 bits per heavy atom. The number of nitrogens with zero attached hydrogens (tertiary/aromatic N) is 1. The van der Waals surface area contributed by atoms with Gasteiger partial charge in [-0.2, -0.15) is 20.2 Å². The molecule has 1 aromatic carbocycles. The summed E-state index contributed by atoms with van der Waals surface area (Å²) in [6.45, 7) is 8.92. The lowest BCUT2D eigenvalue weighted by molar-refractivity contribution is -0.128. The first-order valence-electron chi connectivity index (χ1n) is 9.96. The zero-order valence-electron chi connectivity index (χ0n) is 17.2. The van der Waals surface area contributed by atoms with E-state index in [1.54, 1.807) is 0 Å². The highest BCUT2D eigenvalue weighted by Gasteiger charge is 2.32. The topological polar surface area (TPSA) is 74.7 Å². The van der Waals surface area contributed by atoms with Crippen LogP contribution in [0.2, 0.25) is 0 Å². The lowest BCUT2D eigenvalue weighted by Gasteiger charge is -2.34. The van der Waals surface area contributed by atoms with Crippen LogP contribution in [0.3, 0.4) is 0 Å². The predicted molar refractivity (Wildman–Crippen MR) is 116 cm³/mol. The van der Waals surface area contributed by atoms with Crippen molar-refractivity contribution in [3.05, 3.63) is 35.4 Å². The third-order valence-electron chi connectivity index (χ3n) is 5.30. The number of likely N-dealkylation sites (tertiary alicyclic amines) is 1. The Balaban J connectivity index is 2.06. The highest BCUT2D eigenvalue weighted by Crippen LogP contribution is 2.36. The molecule has 2 rings (SSSR count). The van der Waals surface area contributed by atoms with Crippen molar-refractivity contribution < 1.29 is 17.8 Å². The normalized spacial score (nSPS) is 17.4. The molecule has 0 spiro atoms. The van der Waals surface area contributed by atoms with Gasteiger partial charge < -0.3 is 4.90 Å². The number of hydrogen-bond donors (Lipinski definition) is 1. The maximum atomic E-state index is 13.1. The van der Waals surface area contributed by atoms with Crippen molar-refractivity contribution in [2.24, 2.45) is 5.41 Å². The van der Waals surface area contributed by atoms with Gasteiger partial charge >= 0.3 is 0 Å². The van der Waals surface area contributed by atoms with Crippen molar-refractivity contribution in [3.63, 3.8) is 0 Å². The number of carbonyl (C=O) groups is 1. The minimum atomic E-state index is -4.00. The first kappa shape index (κ1) is 23.4. The van der Waals surface area contributed by atoms with Crippen LogP contribution in [-0.4, -0.2) is 54.8 Å². The van der Waals surface area contributed by atoms with E-state index in [9.17, 15) is 13.2 Å². The van der Waals surface area contributed by atoms with Crippen LogP contribution in [0.25, 0.3) is 0 Å². The molecule has 0 amide bonds. The molecular formula is C21H33NO4S2. The number of aryl methyl sites for hydroxylation is 1. The second-order valence-corrected chi connectivity index (χ2v) is 11.3. The van der Waals surface area contributed by atoms with E-state index in [1.165, 1.54) is 31.0 Å². The SMILES string of the molecule is Cc1ccc([C@H](CC(=O)C(C)(C)CN2CCCCC2)SCCS(=O)(=O)O)cc1. The summed E-state index contributed by atoms with van der Waals surface area (Å²) in [4.78, 5) is 15.5. The molecule has 5 nitrogen and oxygen atoms in total. The van der Waals surface area contributed by atoms with Gasteiger partial charge in [0.1, 0.15) is 5.78 Å². The average Bonchev–Trinajstić information content (AvgIpc) is 2.61. The summed E-state index contributed by atoms with van der Waals surface area (Å²) >= 11 is 1.42. The fraction of sp³-hybridized carbons (Fsp3) is 0.667. The molecule has 1 aliphatic rings. The quantitative estimate of drug-likeness (QED) is 0.566. The van der Waals surface area contributed by atoms with Crippen LogP contribution in [0.4, 0.5) is 0 Å². The number of benzene rings is 1. The summed E-state index contributed by atoms with van der Waals surface area (Å²) < 4.78 is 31.2. The molecule has 1 aromatic rings. The van der Waals surface area contributed by atoms with Gasteiger partial charge in [0.25, 0.3) is 10.1 Å². The molecular weight excluding hydrogens is 394 g/mol. The molecule has 0 saturated carbocycles. The van der Waals surface area contributed by atoms with Crippen LogP contribution >= 0.6 is 11.8 Å². The highest BCUT2D eigenvalue weighted by atomic mass is 32.2. The third kappa shape index (κ3) is 7.85. The number of thioether (sulfide) groups is 1. The molecule has 1 N–H and O–H groups in total. The Kier molecular flexibility index (Phi) is 8.55. The molecule has 1 aliphatic heterocycles. The predicted octanol–water partition coefficient (Wildman–Crippen LogP) is 4.13. The Hall–Kier alpha value is -0.890. The van der Waals surface area contributed by atoms with Crippen molar-refractivity contribution in [1.29, 1.82) is 0 Å². The van der Waals surface area contributed by atoms with E-state index >= 15 is 0 Å². The van der Waals surface area contributed by atoms with E-state index in [1.807, 2.05) is 45.0 Å². The summed E-state index contributed by atoms with van der Waals surface area (Å²) in [6.07, 6.45) is 4.02. The first-order chi connectivity index (χ1) is 13.1. The molecule has 1 heterocycles. The minimum Gasteiger partial charge on any atom is -0.302 e. The van der Waals surface area contributed by atoms with E-state index < -0.39 is 15.5 Å². The van der Waals surface area contributed by atoms with Gasteiger partial charge in [-0.05, 0) is 38.4 Å². The van der Waals surface area contributed by atoms with Crippen molar-refractivity contribution in [2.75, 3.05) is 31.1 Å². The molecule has 1 saturated heterocycles. The van der Waals surface area contributed by atoms with E-state index in [0.29, 0.717) is 6.42 Å². The number of rotatable bonds is 10. The minimum absolute atomic E-state index is 0.115. The lowest BCUT2D eigenvalue weighted by Crippen LogP contribution is -2.42. The van der Waals surface area contributed by atoms with Crippen LogP contribution in [-0.2, 0) is 14.9 Å². The Morgan fingerprint density at radius 1 is 1.18 bits per heavy atom. The van der Waals surface area contributed by atoms with Gasteiger partial charge in [0.15, 0.2) is 0 Å². The summed E-state index contributed by atoms with van der Waals surface area (Å²) in [6, 6.07) is 8.03. The van der Waals surface area contributed by atoms with Crippen molar-refractivity contribution >= 4 is 27.7 Å². The van der Waals surface area contributed by atoms with Gasteiger partial charge in [-0.1, -0.05) is 50.1 Å². The zero-order valence-corrected chi connectivity index (χ0v) is 18.8. The molecule has 0 bridgehead atoms. The van der Waals surface area contributed by atoms with Crippen LogP contribution < -0.4 is 0 Å². The number of Topliss-reactive ketones (excluding diaryl/α,β-unsaturated/α-hetero) is 1. The van der Waals surface area contributed by atoms with E-state index in [4.69, 9.17) is 4.55 Å². The zero-order chi connectivity index (χ0) is 20.8. The number of ketones is 1. The number of carbonyl (C=O) groups excluding carboxylic acids is 1. The lowest BCUT2D eigenvalue weighted by atomic mass is 9.84. The number of hydrogen-bond acceptors (Lipinski definition) is 5. The van der Waals surface area contributed by atoms with Gasteiger partial charge in [-0.3, -0.25) is 9.35 Å². The van der Waals surface area contributed by atoms with Gasteiger partial charge in [0.05, 0.1) is 5.75 Å². The average molecular weight is 428 g/mol. The van der Waals surface area contributed by atoms with Crippen molar-refractivity contribution in [1.82, 2.24) is 4.90 Å². The van der Waals surface area contributed by atoms with Gasteiger partial charge in [0.2, 0.25) is 0 Å². The fourth-order valence-electron chi connectivity index (χ4n) is 3.56. The Morgan fingerprint density at radius 2 is 1.79 bits per heavy atom. The maximum Gasteiger partial charge on any atom is 0.265 e. The van der Waals surface area contributed by atoms with Crippen LogP contribution in [0, 0.1) is 12.3 Å². The van der Waals surface area contributed by atoms with E-state index in [2.05, 4.69) is 4.90 Å². The molecule has 0 radical (unpaired) electrons. The molecule has 0 aliphatic carbocycles. The van der Waals surface area contributed by atoms with Gasteiger partial charge in [-0.25, -0.2) is 0 Å². The smallest absolute Gasteiger partial charge is 0.265 e. The summed E-state index contributed by atoms with van der Waals surface area (Å²) in [5.74, 6) is 0.158. The van der Waals surface area contributed by atoms with Crippen molar-refractivity contribution in [2.45, 2.75) is 51.7 Å². The molecule has 158 valence electrons. The van der Waals surface area contributed by atoms with Crippen LogP contribution in [0.5, 0.6) is 0 Å². The second-order valence-electron chi connectivity index (χ2n) is 8.40. The Labute approximate surface area is 174 Å². The third-order valence-corrected chi connectivity index (χ3v) is 7.56. The standard InChI is InChI=1S/C21H33NO4S2/c1-17-7-9-18(10-8-17)19(27-13-14-28(24,25)26)15-20(23)21(2,3)16-22-11-5-4-6-12-22/h7-10,19H,4-6,11-16H2,1-3H3,(H,24,25,26)/t19-/m0/s1. The highest BCUT2D eigenvalue weighted by molar-refractivity contribution is 8.00. The molecule has 28 heavy (non-hydrogen) atoms. The maximum absolute atomic E-state index is 13.1. The van der Waals surface area contributed by atoms with Crippen LogP contribution in [0.1, 0.15) is 55.9 Å². The summed E-state index contributed by atoms with van der Waals surface area (Å²) in [7, 11) is -4.00. The van der Waals surface area contributed by atoms with Gasteiger partial charge in [-0.15, -0.1) is 0 Å². The fourth-order valence-corrected chi connectivity index (χ4v) is 5.69. The van der Waals surface area contributed by atoms with Gasteiger partial charge in [0, 0.05) is 29.4 Å². The summed E-state index contributed by atoms with van der Waals surface area (Å²) in [5, 5.41) is -0.115. The van der Waals surface area contributed by atoms with E-state index in [0.717, 1.165) is 30.8 Å². The molecule has 0 aromatic heterocycles. The largest absolute Gasteiger partial charge is 0.302 e. The number of piperidine rings is 1. The molecule has 7 heteroatoms. The Bertz CT molecular complexity index is 738. The monoisotopic (exact) mass is 427 g/mol. The van der Waals surface area contributed by atoms with Crippen LogP contribution in [0.15, 0.2) is 24.3 Å². The molecule has 1 fully saturated rings. The first-order valence-corrected chi connectivity index (χ1v) is 12.6.